The van der Waals surface area contributed by atoms with E-state index in [4.69, 9.17) is 16.3 Å². The van der Waals surface area contributed by atoms with Crippen molar-refractivity contribution in [3.63, 3.8) is 0 Å². The maximum absolute atomic E-state index is 12.6. The third-order valence-electron chi connectivity index (χ3n) is 4.44. The topological polar surface area (TPSA) is 103 Å². The van der Waals surface area contributed by atoms with Gasteiger partial charge in [-0.1, -0.05) is 17.7 Å². The van der Waals surface area contributed by atoms with Crippen molar-refractivity contribution < 1.29 is 14.3 Å². The summed E-state index contributed by atoms with van der Waals surface area (Å²) in [6.07, 6.45) is 3.33. The molecule has 4 rings (SSSR count). The van der Waals surface area contributed by atoms with E-state index in [1.165, 1.54) is 4.68 Å². The number of hydrogen-bond donors (Lipinski definition) is 2. The lowest BCUT2D eigenvalue weighted by atomic mass is 10.2. The van der Waals surface area contributed by atoms with Gasteiger partial charge in [0, 0.05) is 35.8 Å². The van der Waals surface area contributed by atoms with E-state index in [0.717, 1.165) is 4.47 Å². The molecule has 0 aliphatic heterocycles. The highest BCUT2D eigenvalue weighted by Crippen LogP contribution is 2.28. The maximum Gasteiger partial charge on any atom is 0.276 e. The normalized spacial score (nSPS) is 10.6. The maximum atomic E-state index is 12.6. The predicted molar refractivity (Wildman–Crippen MR) is 128 cm³/mol. The molecule has 0 bridgehead atoms. The number of ether oxygens (including phenoxy) is 1. The zero-order valence-corrected chi connectivity index (χ0v) is 19.7. The molecule has 11 heteroatoms. The molecule has 0 aliphatic rings. The van der Waals surface area contributed by atoms with E-state index in [9.17, 15) is 9.59 Å². The molecule has 0 fully saturated rings. The minimum atomic E-state index is -0.394. The summed E-state index contributed by atoms with van der Waals surface area (Å²) in [6, 6.07) is 15.2. The molecule has 4 aromatic rings. The zero-order chi connectivity index (χ0) is 23.4. The quantitative estimate of drug-likeness (QED) is 0.365. The van der Waals surface area contributed by atoms with Crippen molar-refractivity contribution in [2.75, 3.05) is 10.6 Å². The van der Waals surface area contributed by atoms with Crippen molar-refractivity contribution in [2.45, 2.75) is 6.73 Å². The van der Waals surface area contributed by atoms with Gasteiger partial charge in [-0.2, -0.15) is 10.2 Å². The Bertz CT molecular complexity index is 1320. The zero-order valence-electron chi connectivity index (χ0n) is 17.3. The highest BCUT2D eigenvalue weighted by molar-refractivity contribution is 9.10. The highest BCUT2D eigenvalue weighted by Gasteiger charge is 2.13. The fraction of sp³-hybridized carbons (Fsp3) is 0.0909. The second kappa shape index (κ2) is 9.88. The number of benzene rings is 2. The fourth-order valence-electron chi connectivity index (χ4n) is 2.88. The smallest absolute Gasteiger partial charge is 0.276 e. The van der Waals surface area contributed by atoms with Gasteiger partial charge in [0.2, 0.25) is 0 Å². The summed E-state index contributed by atoms with van der Waals surface area (Å²) in [5.41, 5.74) is 1.55. The van der Waals surface area contributed by atoms with Gasteiger partial charge in [-0.05, 0) is 64.5 Å². The van der Waals surface area contributed by atoms with Gasteiger partial charge < -0.3 is 15.4 Å². The van der Waals surface area contributed by atoms with Crippen molar-refractivity contribution in [2.24, 2.45) is 7.05 Å². The van der Waals surface area contributed by atoms with E-state index in [1.807, 2.05) is 0 Å². The Labute approximate surface area is 202 Å². The average Bonchev–Trinajstić information content (AvgIpc) is 3.43. The second-order valence-electron chi connectivity index (χ2n) is 6.95. The third-order valence-corrected chi connectivity index (χ3v) is 5.30. The van der Waals surface area contributed by atoms with Gasteiger partial charge in [0.15, 0.2) is 18.1 Å². The Morgan fingerprint density at radius 3 is 2.27 bits per heavy atom. The molecule has 168 valence electrons. The van der Waals surface area contributed by atoms with Crippen LogP contribution in [0.25, 0.3) is 0 Å². The number of amides is 2. The van der Waals surface area contributed by atoms with Crippen LogP contribution in [0.4, 0.5) is 11.4 Å². The van der Waals surface area contributed by atoms with Gasteiger partial charge in [0.05, 0.1) is 4.47 Å². The number of nitrogens with zero attached hydrogens (tertiary/aromatic N) is 4. The molecule has 2 aromatic carbocycles. The lowest BCUT2D eigenvalue weighted by Crippen LogP contribution is -2.15. The number of aromatic nitrogens is 4. The Kier molecular flexibility index (Phi) is 6.76. The first-order chi connectivity index (χ1) is 15.9. The Morgan fingerprint density at radius 1 is 0.970 bits per heavy atom. The molecule has 0 atom stereocenters. The van der Waals surface area contributed by atoms with Crippen LogP contribution in [0.5, 0.6) is 5.75 Å². The molecule has 0 unspecified atom stereocenters. The SMILES string of the molecule is Cn1ccc(C(=O)Nc2cccc(NC(=O)c3ccn(COc4ccc(Cl)cc4Br)n3)c2)n1. The second-order valence-corrected chi connectivity index (χ2v) is 8.24. The van der Waals surface area contributed by atoms with Crippen molar-refractivity contribution in [3.05, 3.63) is 87.9 Å². The Balaban J connectivity index is 1.36. The summed E-state index contributed by atoms with van der Waals surface area (Å²) in [5.74, 6) is -0.134. The largest absolute Gasteiger partial charge is 0.470 e. The van der Waals surface area contributed by atoms with Gasteiger partial charge in [-0.15, -0.1) is 0 Å². The van der Waals surface area contributed by atoms with Gasteiger partial charge >= 0.3 is 0 Å². The van der Waals surface area contributed by atoms with E-state index in [-0.39, 0.29) is 18.3 Å². The van der Waals surface area contributed by atoms with Crippen LogP contribution in [-0.4, -0.2) is 31.4 Å². The van der Waals surface area contributed by atoms with Crippen LogP contribution < -0.4 is 15.4 Å². The van der Waals surface area contributed by atoms with E-state index in [1.54, 1.807) is 78.7 Å². The number of carbonyl (C=O) groups excluding carboxylic acids is 2. The van der Waals surface area contributed by atoms with Crippen LogP contribution in [0, 0.1) is 0 Å². The molecule has 0 spiro atoms. The van der Waals surface area contributed by atoms with Crippen molar-refractivity contribution in [3.8, 4) is 5.75 Å². The first kappa shape index (κ1) is 22.6. The fourth-order valence-corrected chi connectivity index (χ4v) is 3.68. The van der Waals surface area contributed by atoms with Crippen molar-refractivity contribution >= 4 is 50.7 Å². The summed E-state index contributed by atoms with van der Waals surface area (Å²) in [5, 5.41) is 14.4. The monoisotopic (exact) mass is 528 g/mol. The van der Waals surface area contributed by atoms with E-state index in [2.05, 4.69) is 36.8 Å². The molecule has 2 aromatic heterocycles. The summed E-state index contributed by atoms with van der Waals surface area (Å²) >= 11 is 9.32. The Morgan fingerprint density at radius 2 is 1.64 bits per heavy atom. The molecule has 0 radical (unpaired) electrons. The van der Waals surface area contributed by atoms with E-state index in [0.29, 0.717) is 27.8 Å². The molecule has 0 aliphatic carbocycles. The van der Waals surface area contributed by atoms with Crippen LogP contribution in [0.2, 0.25) is 5.02 Å². The van der Waals surface area contributed by atoms with Crippen LogP contribution in [0.3, 0.4) is 0 Å². The third kappa shape index (κ3) is 5.79. The number of halogens is 2. The molecule has 2 heterocycles. The van der Waals surface area contributed by atoms with Crippen molar-refractivity contribution in [1.29, 1.82) is 0 Å². The number of nitrogens with one attached hydrogen (secondary N) is 2. The predicted octanol–water partition coefficient (Wildman–Crippen LogP) is 4.57. The standard InChI is InChI=1S/C22H18BrClN6O3/c1-29-9-7-18(27-29)21(31)25-15-3-2-4-16(12-15)26-22(32)19-8-10-30(28-19)13-33-20-6-5-14(24)11-17(20)23/h2-12H,13H2,1H3,(H,25,31)(H,26,32). The van der Waals surface area contributed by atoms with Gasteiger partial charge in [0.1, 0.15) is 5.75 Å². The molecule has 33 heavy (non-hydrogen) atoms. The summed E-state index contributed by atoms with van der Waals surface area (Å²) < 4.78 is 9.46. The van der Waals surface area contributed by atoms with Crippen LogP contribution in [0.15, 0.2) is 71.5 Å². The number of aryl methyl sites for hydroxylation is 1. The summed E-state index contributed by atoms with van der Waals surface area (Å²) in [4.78, 5) is 24.9. The van der Waals surface area contributed by atoms with Gasteiger partial charge in [-0.25, -0.2) is 4.68 Å². The van der Waals surface area contributed by atoms with E-state index >= 15 is 0 Å². The van der Waals surface area contributed by atoms with Crippen LogP contribution in [-0.2, 0) is 13.8 Å². The first-order valence-electron chi connectivity index (χ1n) is 9.71. The minimum Gasteiger partial charge on any atom is -0.470 e. The van der Waals surface area contributed by atoms with Gasteiger partial charge in [-0.3, -0.25) is 14.3 Å². The first-order valence-corrected chi connectivity index (χ1v) is 10.9. The summed E-state index contributed by atoms with van der Waals surface area (Å²) in [7, 11) is 1.73. The molecular formula is C22H18BrClN6O3. The number of rotatable bonds is 7. The minimum absolute atomic E-state index is 0.114. The lowest BCUT2D eigenvalue weighted by molar-refractivity contribution is 0.101. The molecule has 2 N–H and O–H groups in total. The van der Waals surface area contributed by atoms with Gasteiger partial charge in [0.25, 0.3) is 11.8 Å². The van der Waals surface area contributed by atoms with Crippen LogP contribution >= 0.6 is 27.5 Å². The average molecular weight is 530 g/mol. The lowest BCUT2D eigenvalue weighted by Gasteiger charge is -2.09. The Hall–Kier alpha value is -3.63. The van der Waals surface area contributed by atoms with Crippen LogP contribution in [0.1, 0.15) is 21.0 Å². The molecule has 0 saturated heterocycles. The molecule has 9 nitrogen and oxygen atoms in total. The molecule has 0 saturated carbocycles. The summed E-state index contributed by atoms with van der Waals surface area (Å²) in [6.45, 7) is 0.114. The highest BCUT2D eigenvalue weighted by atomic mass is 79.9. The number of anilines is 2. The molecular weight excluding hydrogens is 512 g/mol. The van der Waals surface area contributed by atoms with E-state index < -0.39 is 5.91 Å². The number of carbonyl (C=O) groups is 2. The molecule has 2 amide bonds. The number of hydrogen-bond acceptors (Lipinski definition) is 5. The van der Waals surface area contributed by atoms with Crippen molar-refractivity contribution in [1.82, 2.24) is 19.6 Å².